The van der Waals surface area contributed by atoms with Crippen LogP contribution in [0, 0.1) is 6.92 Å². The molecule has 0 saturated heterocycles. The second-order valence-corrected chi connectivity index (χ2v) is 3.22. The number of nitrogens with two attached hydrogens (primary N) is 2. The number of hydrogen-bond acceptors (Lipinski definition) is 3. The molecule has 0 amide bonds. The van der Waals surface area contributed by atoms with Gasteiger partial charge in [-0.05, 0) is 24.6 Å². The van der Waals surface area contributed by atoms with E-state index in [0.717, 1.165) is 6.07 Å². The molecule has 3 nitrogen and oxygen atoms in total. The van der Waals surface area contributed by atoms with Crippen molar-refractivity contribution in [3.8, 4) is 5.75 Å². The molecular weight excluding hydrogens is 299 g/mol. The molecule has 1 unspecified atom stereocenters. The van der Waals surface area contributed by atoms with E-state index in [1.807, 2.05) is 0 Å². The van der Waals surface area contributed by atoms with Gasteiger partial charge in [0.1, 0.15) is 5.75 Å². The minimum Gasteiger partial charge on any atom is -0.450 e. The number of nitrogen functional groups attached to an aromatic ring is 2. The van der Waals surface area contributed by atoms with Gasteiger partial charge < -0.3 is 16.2 Å². The summed E-state index contributed by atoms with van der Waals surface area (Å²) in [7, 11) is 0. The van der Waals surface area contributed by atoms with Gasteiger partial charge in [-0.1, -0.05) is 0 Å². The first-order valence-corrected chi connectivity index (χ1v) is 4.25. The topological polar surface area (TPSA) is 61.3 Å². The van der Waals surface area contributed by atoms with Gasteiger partial charge >= 0.3 is 12.5 Å². The quantitative estimate of drug-likeness (QED) is 0.651. The highest BCUT2D eigenvalue weighted by Gasteiger charge is 2.42. The van der Waals surface area contributed by atoms with Crippen LogP contribution < -0.4 is 16.2 Å². The molecule has 0 fully saturated rings. The Bertz CT molecular complexity index is 401. The van der Waals surface area contributed by atoms with Gasteiger partial charge in [0.05, 0.1) is 5.69 Å². The van der Waals surface area contributed by atoms with Crippen molar-refractivity contribution < 1.29 is 22.3 Å². The fraction of sp³-hybridized carbons (Fsp3) is 0.333. The molecule has 0 spiro atoms. The normalized spacial score (nSPS) is 12.1. The molecule has 0 saturated carbocycles. The Kier molecular flexibility index (Phi) is 7.22. The fourth-order valence-electron chi connectivity index (χ4n) is 0.996. The third-order valence-corrected chi connectivity index (χ3v) is 1.89. The number of alkyl halides is 4. The molecule has 18 heavy (non-hydrogen) atoms. The molecule has 106 valence electrons. The van der Waals surface area contributed by atoms with Crippen LogP contribution in [0.5, 0.6) is 5.75 Å². The number of hydrogen-bond donors (Lipinski definition) is 2. The van der Waals surface area contributed by atoms with Crippen molar-refractivity contribution in [2.24, 2.45) is 0 Å². The van der Waals surface area contributed by atoms with Crippen LogP contribution >= 0.6 is 24.8 Å². The fourth-order valence-corrected chi connectivity index (χ4v) is 0.996. The van der Waals surface area contributed by atoms with Gasteiger partial charge in [0.15, 0.2) is 0 Å². The molecule has 4 N–H and O–H groups in total. The Balaban J connectivity index is 0. The van der Waals surface area contributed by atoms with Crippen molar-refractivity contribution in [1.82, 2.24) is 0 Å². The number of halogens is 6. The Hall–Kier alpha value is -1.08. The van der Waals surface area contributed by atoms with Crippen molar-refractivity contribution in [2.45, 2.75) is 19.5 Å². The summed E-state index contributed by atoms with van der Waals surface area (Å²) in [5.41, 5.74) is 11.4. The molecule has 0 aliphatic heterocycles. The van der Waals surface area contributed by atoms with Gasteiger partial charge in [0.2, 0.25) is 0 Å². The third kappa shape index (κ3) is 4.66. The maximum absolute atomic E-state index is 12.6. The predicted molar refractivity (Wildman–Crippen MR) is 66.1 cm³/mol. The van der Waals surface area contributed by atoms with Gasteiger partial charge in [-0.2, -0.15) is 17.6 Å². The summed E-state index contributed by atoms with van der Waals surface area (Å²) in [6.07, 6.45) is -8.49. The molecule has 9 heteroatoms. The Morgan fingerprint density at radius 2 is 1.61 bits per heavy atom. The number of benzene rings is 1. The summed E-state index contributed by atoms with van der Waals surface area (Å²) in [6.45, 7) is 1.54. The predicted octanol–water partition coefficient (Wildman–Crippen LogP) is 3.24. The first-order valence-electron chi connectivity index (χ1n) is 4.25. The van der Waals surface area contributed by atoms with Gasteiger partial charge in [-0.3, -0.25) is 0 Å². The van der Waals surface area contributed by atoms with Gasteiger partial charge in [-0.15, -0.1) is 24.8 Å². The number of ether oxygens (including phenoxy) is 1. The summed E-state index contributed by atoms with van der Waals surface area (Å²) in [5.74, 6) is -0.378. The number of anilines is 2. The highest BCUT2D eigenvalue weighted by molar-refractivity contribution is 5.85. The molecule has 1 aromatic rings. The zero-order valence-electron chi connectivity index (χ0n) is 9.12. The van der Waals surface area contributed by atoms with Crippen LogP contribution in [-0.4, -0.2) is 12.5 Å². The van der Waals surface area contributed by atoms with E-state index in [1.54, 1.807) is 6.92 Å². The summed E-state index contributed by atoms with van der Waals surface area (Å²) < 4.78 is 52.3. The highest BCUT2D eigenvalue weighted by Crippen LogP contribution is 2.32. The summed E-state index contributed by atoms with van der Waals surface area (Å²) in [5, 5.41) is 0. The first-order chi connectivity index (χ1) is 7.21. The zero-order valence-corrected chi connectivity index (χ0v) is 10.8. The number of rotatable bonds is 2. The maximum atomic E-state index is 12.6. The molecule has 0 aliphatic rings. The molecule has 0 bridgehead atoms. The smallest absolute Gasteiger partial charge is 0.450 e. The standard InChI is InChI=1S/C9H10F4N2O.2ClH/c1-4-2-7(6(15)3-5(4)14)16-8(10)9(11,12)13;;/h2-3,8H,14-15H2,1H3;2*1H. The lowest BCUT2D eigenvalue weighted by molar-refractivity contribution is -0.236. The van der Waals surface area contributed by atoms with Gasteiger partial charge in [-0.25, -0.2) is 0 Å². The van der Waals surface area contributed by atoms with Crippen LogP contribution in [0.2, 0.25) is 0 Å². The zero-order chi connectivity index (χ0) is 12.5. The largest absolute Gasteiger partial charge is 0.457 e. The van der Waals surface area contributed by atoms with Gasteiger partial charge in [0, 0.05) is 5.69 Å². The highest BCUT2D eigenvalue weighted by atomic mass is 35.5. The van der Waals surface area contributed by atoms with E-state index in [2.05, 4.69) is 4.74 Å². The lowest BCUT2D eigenvalue weighted by Gasteiger charge is -2.16. The van der Waals surface area contributed by atoms with Crippen molar-refractivity contribution in [1.29, 1.82) is 0 Å². The maximum Gasteiger partial charge on any atom is 0.457 e. The summed E-state index contributed by atoms with van der Waals surface area (Å²) >= 11 is 0. The van der Waals surface area contributed by atoms with Crippen molar-refractivity contribution in [2.75, 3.05) is 11.5 Å². The van der Waals surface area contributed by atoms with E-state index in [4.69, 9.17) is 11.5 Å². The molecular formula is C9H12Cl2F4N2O. The van der Waals surface area contributed by atoms with Crippen LogP contribution in [0.4, 0.5) is 28.9 Å². The van der Waals surface area contributed by atoms with E-state index in [-0.39, 0.29) is 36.3 Å². The average Bonchev–Trinajstić information content (AvgIpc) is 2.12. The second-order valence-electron chi connectivity index (χ2n) is 3.22. The van der Waals surface area contributed by atoms with E-state index >= 15 is 0 Å². The third-order valence-electron chi connectivity index (χ3n) is 1.89. The molecule has 0 aromatic heterocycles. The Morgan fingerprint density at radius 3 is 2.06 bits per heavy atom. The van der Waals surface area contributed by atoms with Crippen LogP contribution in [0.15, 0.2) is 12.1 Å². The van der Waals surface area contributed by atoms with Crippen molar-refractivity contribution in [3.63, 3.8) is 0 Å². The molecule has 0 aliphatic carbocycles. The van der Waals surface area contributed by atoms with E-state index in [0.29, 0.717) is 11.3 Å². The lowest BCUT2D eigenvalue weighted by Crippen LogP contribution is -2.30. The minimum absolute atomic E-state index is 0. The second kappa shape index (κ2) is 6.75. The Labute approximate surface area is 113 Å². The first kappa shape index (κ1) is 19.3. The summed E-state index contributed by atoms with van der Waals surface area (Å²) in [6, 6.07) is 2.37. The molecule has 0 heterocycles. The minimum atomic E-state index is -5.08. The van der Waals surface area contributed by atoms with Crippen LogP contribution in [0.25, 0.3) is 0 Å². The van der Waals surface area contributed by atoms with Crippen molar-refractivity contribution >= 4 is 36.2 Å². The molecule has 1 aromatic carbocycles. The van der Waals surface area contributed by atoms with E-state index in [9.17, 15) is 17.6 Å². The van der Waals surface area contributed by atoms with E-state index in [1.165, 1.54) is 6.07 Å². The lowest BCUT2D eigenvalue weighted by atomic mass is 10.1. The number of aryl methyl sites for hydroxylation is 1. The van der Waals surface area contributed by atoms with Crippen LogP contribution in [0.3, 0.4) is 0 Å². The molecule has 1 rings (SSSR count). The Morgan fingerprint density at radius 1 is 1.11 bits per heavy atom. The van der Waals surface area contributed by atoms with Crippen LogP contribution in [-0.2, 0) is 0 Å². The summed E-state index contributed by atoms with van der Waals surface area (Å²) in [4.78, 5) is 0. The van der Waals surface area contributed by atoms with E-state index < -0.39 is 12.5 Å². The van der Waals surface area contributed by atoms with Gasteiger partial charge in [0.25, 0.3) is 0 Å². The molecule has 1 atom stereocenters. The van der Waals surface area contributed by atoms with Crippen LogP contribution in [0.1, 0.15) is 5.56 Å². The average molecular weight is 311 g/mol. The SMILES string of the molecule is Cc1cc(OC(F)C(F)(F)F)c(N)cc1N.Cl.Cl. The van der Waals surface area contributed by atoms with Crippen molar-refractivity contribution in [3.05, 3.63) is 17.7 Å². The monoisotopic (exact) mass is 310 g/mol. The molecule has 0 radical (unpaired) electrons.